The Labute approximate surface area is 243 Å². The summed E-state index contributed by atoms with van der Waals surface area (Å²) in [6.07, 6.45) is -0.0909. The highest BCUT2D eigenvalue weighted by molar-refractivity contribution is 6.42. The van der Waals surface area contributed by atoms with E-state index in [2.05, 4.69) is 15.1 Å². The lowest BCUT2D eigenvalue weighted by Crippen LogP contribution is -2.53. The van der Waals surface area contributed by atoms with Crippen molar-refractivity contribution in [1.82, 2.24) is 15.3 Å². The quantitative estimate of drug-likeness (QED) is 0.230. The first-order chi connectivity index (χ1) is 19.5. The topological polar surface area (TPSA) is 87.3 Å². The molecule has 41 heavy (non-hydrogen) atoms. The maximum Gasteiger partial charge on any atom is 0.493 e. The van der Waals surface area contributed by atoms with Gasteiger partial charge in [0.2, 0.25) is 0 Å². The molecule has 0 atom stereocenters. The van der Waals surface area contributed by atoms with Gasteiger partial charge >= 0.3 is 18.2 Å². The number of alkyl halides is 3. The maximum atomic E-state index is 13.6. The number of aryl methyl sites for hydroxylation is 1. The Bertz CT molecular complexity index is 1620. The number of benzene rings is 2. The van der Waals surface area contributed by atoms with Crippen molar-refractivity contribution in [3.63, 3.8) is 0 Å². The van der Waals surface area contributed by atoms with Gasteiger partial charge in [0.1, 0.15) is 0 Å². The molecule has 1 aliphatic carbocycles. The van der Waals surface area contributed by atoms with E-state index in [1.807, 2.05) is 43.3 Å². The Morgan fingerprint density at radius 3 is 2.46 bits per heavy atom. The zero-order valence-corrected chi connectivity index (χ0v) is 23.3. The molecule has 0 saturated heterocycles. The molecule has 2 heterocycles. The van der Waals surface area contributed by atoms with Crippen molar-refractivity contribution >= 4 is 51.8 Å². The van der Waals surface area contributed by atoms with Crippen LogP contribution in [0.4, 0.5) is 23.7 Å². The van der Waals surface area contributed by atoms with Gasteiger partial charge in [-0.3, -0.25) is 0 Å². The van der Waals surface area contributed by atoms with Crippen LogP contribution in [0.3, 0.4) is 0 Å². The maximum absolute atomic E-state index is 13.6. The van der Waals surface area contributed by atoms with Gasteiger partial charge in [-0.05, 0) is 61.7 Å². The second-order valence-electron chi connectivity index (χ2n) is 9.99. The standard InChI is InChI=1S/C29H25Cl2F3N4O3/c1-17-13-24(36-23-8-4-3-7-20(17)23)18-14-25(35-16-18)28(11-5-2-6-12-28)37-27(40)38(41-26(39)29(32,33)34)19-9-10-21(30)22(31)15-19/h3-4,7-10,13-16,35H,2,5-6,11-12H2,1H3,(H,37,40). The molecule has 7 nitrogen and oxygen atoms in total. The number of urea groups is 1. The Balaban J connectivity index is 1.49. The smallest absolute Gasteiger partial charge is 0.362 e. The molecule has 2 aromatic heterocycles. The number of aromatic nitrogens is 2. The zero-order valence-electron chi connectivity index (χ0n) is 21.8. The lowest BCUT2D eigenvalue weighted by Gasteiger charge is -2.38. The number of hydroxylamine groups is 1. The van der Waals surface area contributed by atoms with Gasteiger partial charge in [0.15, 0.2) is 0 Å². The number of aromatic amines is 1. The van der Waals surface area contributed by atoms with Crippen molar-refractivity contribution in [3.05, 3.63) is 82.1 Å². The summed E-state index contributed by atoms with van der Waals surface area (Å²) in [5.74, 6) is -2.56. The van der Waals surface area contributed by atoms with E-state index in [-0.39, 0.29) is 20.8 Å². The number of carbonyl (C=O) groups is 2. The third-order valence-electron chi connectivity index (χ3n) is 7.20. The number of hydrogen-bond donors (Lipinski definition) is 2. The molecule has 1 aliphatic rings. The number of pyridine rings is 1. The lowest BCUT2D eigenvalue weighted by molar-refractivity contribution is -0.199. The van der Waals surface area contributed by atoms with E-state index in [9.17, 15) is 22.8 Å². The molecule has 2 amide bonds. The van der Waals surface area contributed by atoms with Gasteiger partial charge < -0.3 is 15.1 Å². The number of rotatable bonds is 4. The summed E-state index contributed by atoms with van der Waals surface area (Å²) in [7, 11) is 0. The van der Waals surface area contributed by atoms with Crippen molar-refractivity contribution in [2.45, 2.75) is 50.7 Å². The Kier molecular flexibility index (Phi) is 7.89. The van der Waals surface area contributed by atoms with Crippen LogP contribution in [-0.4, -0.2) is 28.1 Å². The van der Waals surface area contributed by atoms with Crippen molar-refractivity contribution < 1.29 is 27.6 Å². The first-order valence-electron chi connectivity index (χ1n) is 12.9. The SMILES string of the molecule is Cc1cc(-c2c[nH]c(C3(NC(=O)N(OC(=O)C(F)(F)F)c4ccc(Cl)c(Cl)c4)CCCCC3)c2)nc2ccccc12. The molecule has 2 N–H and O–H groups in total. The molecule has 1 fully saturated rings. The van der Waals surface area contributed by atoms with E-state index in [0.717, 1.165) is 53.1 Å². The molecular formula is C29H25Cl2F3N4O3. The lowest BCUT2D eigenvalue weighted by atomic mass is 9.79. The van der Waals surface area contributed by atoms with Crippen LogP contribution in [0.15, 0.2) is 60.8 Å². The fraction of sp³-hybridized carbons (Fsp3) is 0.276. The summed E-state index contributed by atoms with van der Waals surface area (Å²) in [6, 6.07) is 14.2. The van der Waals surface area contributed by atoms with Crippen LogP contribution in [-0.2, 0) is 15.2 Å². The van der Waals surface area contributed by atoms with Gasteiger partial charge in [0, 0.05) is 22.8 Å². The molecule has 0 radical (unpaired) electrons. The number of fused-ring (bicyclic) bond motifs is 1. The van der Waals surface area contributed by atoms with Gasteiger partial charge in [-0.15, -0.1) is 5.06 Å². The van der Waals surface area contributed by atoms with Gasteiger partial charge in [-0.1, -0.05) is 60.7 Å². The van der Waals surface area contributed by atoms with Gasteiger partial charge in [0.05, 0.1) is 32.5 Å². The Morgan fingerprint density at radius 1 is 1.02 bits per heavy atom. The highest BCUT2D eigenvalue weighted by Crippen LogP contribution is 2.39. The highest BCUT2D eigenvalue weighted by atomic mass is 35.5. The van der Waals surface area contributed by atoms with E-state index in [1.54, 1.807) is 6.20 Å². The highest BCUT2D eigenvalue weighted by Gasteiger charge is 2.45. The van der Waals surface area contributed by atoms with Crippen molar-refractivity contribution in [1.29, 1.82) is 0 Å². The van der Waals surface area contributed by atoms with Crippen LogP contribution in [0.25, 0.3) is 22.2 Å². The molecule has 214 valence electrons. The fourth-order valence-corrected chi connectivity index (χ4v) is 5.44. The number of H-pyrrole nitrogens is 1. The zero-order chi connectivity index (χ0) is 29.4. The number of amides is 2. The van der Waals surface area contributed by atoms with E-state index in [1.165, 1.54) is 12.1 Å². The van der Waals surface area contributed by atoms with E-state index >= 15 is 0 Å². The largest absolute Gasteiger partial charge is 0.493 e. The van der Waals surface area contributed by atoms with Gasteiger partial charge in [-0.2, -0.15) is 13.2 Å². The average Bonchev–Trinajstić information content (AvgIpc) is 3.44. The molecule has 0 aliphatic heterocycles. The van der Waals surface area contributed by atoms with Crippen molar-refractivity contribution in [2.75, 3.05) is 5.06 Å². The summed E-state index contributed by atoms with van der Waals surface area (Å²) in [6.45, 7) is 2.00. The third-order valence-corrected chi connectivity index (χ3v) is 7.94. The first kappa shape index (κ1) is 28.8. The van der Waals surface area contributed by atoms with E-state index in [0.29, 0.717) is 18.5 Å². The number of anilines is 1. The van der Waals surface area contributed by atoms with Crippen LogP contribution in [0.2, 0.25) is 10.0 Å². The molecule has 5 rings (SSSR count). The molecule has 12 heteroatoms. The number of para-hydroxylation sites is 1. The van der Waals surface area contributed by atoms with Gasteiger partial charge in [0.25, 0.3) is 0 Å². The summed E-state index contributed by atoms with van der Waals surface area (Å²) in [4.78, 5) is 37.9. The van der Waals surface area contributed by atoms with E-state index < -0.39 is 23.7 Å². The third kappa shape index (κ3) is 5.99. The number of carbonyl (C=O) groups excluding carboxylic acids is 2. The average molecular weight is 605 g/mol. The summed E-state index contributed by atoms with van der Waals surface area (Å²) in [5, 5.41) is 4.23. The number of nitrogens with zero attached hydrogens (tertiary/aromatic N) is 2. The van der Waals surface area contributed by atoms with E-state index in [4.69, 9.17) is 28.2 Å². The molecular weight excluding hydrogens is 580 g/mol. The fourth-order valence-electron chi connectivity index (χ4n) is 5.15. The molecule has 0 unspecified atom stereocenters. The number of hydrogen-bond acceptors (Lipinski definition) is 4. The minimum Gasteiger partial charge on any atom is -0.362 e. The van der Waals surface area contributed by atoms with Crippen molar-refractivity contribution in [3.8, 4) is 11.3 Å². The molecule has 0 bridgehead atoms. The monoisotopic (exact) mass is 604 g/mol. The Morgan fingerprint density at radius 2 is 1.76 bits per heavy atom. The Hall–Kier alpha value is -3.76. The van der Waals surface area contributed by atoms with Crippen LogP contribution >= 0.6 is 23.2 Å². The minimum absolute atomic E-state index is 0.0374. The molecule has 1 saturated carbocycles. The predicted octanol–water partition coefficient (Wildman–Crippen LogP) is 8.24. The second kappa shape index (κ2) is 11.3. The van der Waals surface area contributed by atoms with Crippen LogP contribution < -0.4 is 10.4 Å². The van der Waals surface area contributed by atoms with Crippen LogP contribution in [0, 0.1) is 6.92 Å². The predicted molar refractivity (Wildman–Crippen MR) is 151 cm³/mol. The number of nitrogens with one attached hydrogen (secondary N) is 2. The summed E-state index contributed by atoms with van der Waals surface area (Å²) >= 11 is 12.0. The van der Waals surface area contributed by atoms with Crippen LogP contribution in [0.5, 0.6) is 0 Å². The molecule has 0 spiro atoms. The second-order valence-corrected chi connectivity index (χ2v) is 10.8. The summed E-state index contributed by atoms with van der Waals surface area (Å²) in [5.41, 5.74) is 2.90. The first-order valence-corrected chi connectivity index (χ1v) is 13.6. The summed E-state index contributed by atoms with van der Waals surface area (Å²) < 4.78 is 39.4. The number of halogens is 5. The normalized spacial score (nSPS) is 15.0. The van der Waals surface area contributed by atoms with Crippen LogP contribution in [0.1, 0.15) is 43.4 Å². The minimum atomic E-state index is -5.34. The molecule has 4 aromatic rings. The molecule has 2 aromatic carbocycles. The van der Waals surface area contributed by atoms with Gasteiger partial charge in [-0.25, -0.2) is 14.6 Å². The van der Waals surface area contributed by atoms with Crippen molar-refractivity contribution in [2.24, 2.45) is 0 Å².